The lowest BCUT2D eigenvalue weighted by Crippen LogP contribution is -2.37. The fourth-order valence-electron chi connectivity index (χ4n) is 4.21. The van der Waals surface area contributed by atoms with Crippen molar-refractivity contribution in [2.75, 3.05) is 13.1 Å². The third kappa shape index (κ3) is 4.18. The van der Waals surface area contributed by atoms with E-state index in [0.717, 1.165) is 68.7 Å². The summed E-state index contributed by atoms with van der Waals surface area (Å²) >= 11 is 0. The Bertz CT molecular complexity index is 925. The first-order chi connectivity index (χ1) is 13.1. The first kappa shape index (κ1) is 18.1. The van der Waals surface area contributed by atoms with Crippen LogP contribution in [0.2, 0.25) is 0 Å². The Labute approximate surface area is 158 Å². The topological polar surface area (TPSA) is 73.0 Å². The Morgan fingerprint density at radius 2 is 1.93 bits per heavy atom. The van der Waals surface area contributed by atoms with Crippen molar-refractivity contribution in [1.82, 2.24) is 24.2 Å². The number of aromatic nitrogens is 4. The van der Waals surface area contributed by atoms with Crippen LogP contribution in [0.15, 0.2) is 28.0 Å². The van der Waals surface area contributed by atoms with Crippen molar-refractivity contribution in [3.63, 3.8) is 0 Å². The Morgan fingerprint density at radius 1 is 1.15 bits per heavy atom. The molecule has 0 amide bonds. The van der Waals surface area contributed by atoms with Crippen molar-refractivity contribution in [1.29, 1.82) is 0 Å². The van der Waals surface area contributed by atoms with Crippen molar-refractivity contribution in [2.24, 2.45) is 13.0 Å². The van der Waals surface area contributed by atoms with E-state index in [1.165, 1.54) is 17.4 Å². The average molecular weight is 369 g/mol. The van der Waals surface area contributed by atoms with Crippen molar-refractivity contribution in [3.8, 4) is 0 Å². The van der Waals surface area contributed by atoms with Gasteiger partial charge in [0.2, 0.25) is 0 Å². The molecule has 1 aliphatic heterocycles. The van der Waals surface area contributed by atoms with Crippen molar-refractivity contribution in [3.05, 3.63) is 56.1 Å². The zero-order valence-corrected chi connectivity index (χ0v) is 15.9. The van der Waals surface area contributed by atoms with E-state index < -0.39 is 0 Å². The molecule has 0 unspecified atom stereocenters. The van der Waals surface area contributed by atoms with Gasteiger partial charge >= 0.3 is 5.69 Å². The number of fused-ring (bicyclic) bond motifs is 1. The smallest absolute Gasteiger partial charge is 0.302 e. The van der Waals surface area contributed by atoms with Crippen LogP contribution >= 0.6 is 0 Å². The summed E-state index contributed by atoms with van der Waals surface area (Å²) in [7, 11) is 1.73. The molecule has 0 spiro atoms. The number of aryl methyl sites for hydroxylation is 3. The summed E-state index contributed by atoms with van der Waals surface area (Å²) in [6.07, 6.45) is 9.99. The van der Waals surface area contributed by atoms with Crippen LogP contribution in [-0.4, -0.2) is 37.3 Å². The van der Waals surface area contributed by atoms with E-state index in [9.17, 15) is 9.59 Å². The second-order valence-corrected chi connectivity index (χ2v) is 7.92. The Morgan fingerprint density at radius 3 is 2.70 bits per heavy atom. The van der Waals surface area contributed by atoms with Crippen LogP contribution in [-0.2, 0) is 33.0 Å². The third-order valence-electron chi connectivity index (χ3n) is 5.82. The van der Waals surface area contributed by atoms with Gasteiger partial charge in [-0.3, -0.25) is 9.69 Å². The maximum Gasteiger partial charge on any atom is 0.347 e. The first-order valence-electron chi connectivity index (χ1n) is 9.92. The van der Waals surface area contributed by atoms with Crippen molar-refractivity contribution >= 4 is 0 Å². The van der Waals surface area contributed by atoms with E-state index in [2.05, 4.69) is 15.0 Å². The summed E-state index contributed by atoms with van der Waals surface area (Å²) in [6.45, 7) is 3.52. The summed E-state index contributed by atoms with van der Waals surface area (Å²) in [5.74, 6) is 0.492. The molecule has 1 fully saturated rings. The normalized spacial score (nSPS) is 18.4. The zero-order valence-electron chi connectivity index (χ0n) is 15.9. The van der Waals surface area contributed by atoms with Gasteiger partial charge in [0.05, 0.1) is 5.69 Å². The highest BCUT2D eigenvalue weighted by atomic mass is 16.1. The monoisotopic (exact) mass is 369 g/mol. The molecule has 0 radical (unpaired) electrons. The summed E-state index contributed by atoms with van der Waals surface area (Å²) in [6, 6.07) is 1.81. The molecular formula is C20H27N5O2. The fraction of sp³-hybridized carbons (Fsp3) is 0.600. The van der Waals surface area contributed by atoms with Gasteiger partial charge in [0.25, 0.3) is 5.56 Å². The van der Waals surface area contributed by atoms with Crippen LogP contribution in [0.3, 0.4) is 0 Å². The number of hydrogen-bond donors (Lipinski definition) is 0. The van der Waals surface area contributed by atoms with E-state index in [4.69, 9.17) is 0 Å². The van der Waals surface area contributed by atoms with Gasteiger partial charge in [0.1, 0.15) is 0 Å². The minimum atomic E-state index is -0.222. The highest BCUT2D eigenvalue weighted by Crippen LogP contribution is 2.21. The molecule has 3 heterocycles. The highest BCUT2D eigenvalue weighted by Gasteiger charge is 2.21. The van der Waals surface area contributed by atoms with Crippen LogP contribution in [0.5, 0.6) is 0 Å². The second-order valence-electron chi connectivity index (χ2n) is 7.92. The molecule has 1 aliphatic carbocycles. The quantitative estimate of drug-likeness (QED) is 0.808. The summed E-state index contributed by atoms with van der Waals surface area (Å²) in [4.78, 5) is 30.1. The first-order valence-corrected chi connectivity index (χ1v) is 9.92. The van der Waals surface area contributed by atoms with Crippen LogP contribution < -0.4 is 11.2 Å². The van der Waals surface area contributed by atoms with E-state index in [1.807, 2.05) is 12.3 Å². The van der Waals surface area contributed by atoms with E-state index in [0.29, 0.717) is 5.92 Å². The molecule has 2 aromatic rings. The van der Waals surface area contributed by atoms with Crippen LogP contribution in [0, 0.1) is 5.92 Å². The van der Waals surface area contributed by atoms with E-state index in [-0.39, 0.29) is 11.2 Å². The number of nitrogens with zero attached hydrogens (tertiary/aromatic N) is 5. The largest absolute Gasteiger partial charge is 0.347 e. The molecule has 4 rings (SSSR count). The van der Waals surface area contributed by atoms with Crippen LogP contribution in [0.1, 0.15) is 42.5 Å². The molecule has 1 saturated heterocycles. The van der Waals surface area contributed by atoms with Gasteiger partial charge in [-0.2, -0.15) is 5.10 Å². The number of likely N-dealkylation sites (tertiary alicyclic amines) is 1. The molecule has 0 saturated carbocycles. The van der Waals surface area contributed by atoms with Crippen molar-refractivity contribution < 1.29 is 0 Å². The maximum absolute atomic E-state index is 12.4. The van der Waals surface area contributed by atoms with Crippen LogP contribution in [0.25, 0.3) is 0 Å². The van der Waals surface area contributed by atoms with E-state index >= 15 is 0 Å². The minimum Gasteiger partial charge on any atom is -0.302 e. The summed E-state index contributed by atoms with van der Waals surface area (Å²) in [5.41, 5.74) is 3.17. The van der Waals surface area contributed by atoms with Gasteiger partial charge < -0.3 is 4.57 Å². The number of piperidine rings is 1. The lowest BCUT2D eigenvalue weighted by atomic mass is 9.95. The second kappa shape index (κ2) is 7.76. The Balaban J connectivity index is 1.35. The summed E-state index contributed by atoms with van der Waals surface area (Å²) < 4.78 is 3.22. The Kier molecular flexibility index (Phi) is 5.20. The number of hydrogen-bond acceptors (Lipinski definition) is 5. The lowest BCUT2D eigenvalue weighted by Gasteiger charge is -2.32. The zero-order chi connectivity index (χ0) is 18.8. The molecule has 7 heteroatoms. The van der Waals surface area contributed by atoms with E-state index in [1.54, 1.807) is 17.9 Å². The lowest BCUT2D eigenvalue weighted by molar-refractivity contribution is 0.163. The van der Waals surface area contributed by atoms with Gasteiger partial charge in [-0.05, 0) is 63.1 Å². The molecule has 144 valence electrons. The standard InChI is InChI=1S/C20H27N5O2/c1-23-12-16(11-21-20(23)27)13-24-8-6-15(7-9-24)14-25-19(26)10-17-4-2-3-5-18(17)22-25/h10-12,15H,2-9,13-14H2,1H3. The van der Waals surface area contributed by atoms with Gasteiger partial charge in [0.15, 0.2) is 0 Å². The SMILES string of the molecule is Cn1cc(CN2CCC(Cn3nc4c(cc3=O)CCCC4)CC2)cnc1=O. The predicted molar refractivity (Wildman–Crippen MR) is 103 cm³/mol. The molecule has 0 atom stereocenters. The minimum absolute atomic E-state index is 0.0503. The van der Waals surface area contributed by atoms with Crippen molar-refractivity contribution in [2.45, 2.75) is 51.6 Å². The molecule has 7 nitrogen and oxygen atoms in total. The maximum atomic E-state index is 12.4. The predicted octanol–water partition coefficient (Wildman–Crippen LogP) is 1.13. The molecule has 2 aliphatic rings. The van der Waals surface area contributed by atoms with Gasteiger partial charge in [-0.1, -0.05) is 0 Å². The molecule has 0 aromatic carbocycles. The summed E-state index contributed by atoms with van der Waals surface area (Å²) in [5, 5.41) is 4.66. The van der Waals surface area contributed by atoms with Gasteiger partial charge in [0, 0.05) is 44.2 Å². The molecule has 0 N–H and O–H groups in total. The average Bonchev–Trinajstić information content (AvgIpc) is 2.67. The highest BCUT2D eigenvalue weighted by molar-refractivity contribution is 5.20. The fourth-order valence-corrected chi connectivity index (χ4v) is 4.21. The molecule has 0 bridgehead atoms. The van der Waals surface area contributed by atoms with Gasteiger partial charge in [-0.15, -0.1) is 0 Å². The van der Waals surface area contributed by atoms with Gasteiger partial charge in [-0.25, -0.2) is 14.5 Å². The number of rotatable bonds is 4. The Hall–Kier alpha value is -2.28. The molecule has 2 aromatic heterocycles. The third-order valence-corrected chi connectivity index (χ3v) is 5.82. The van der Waals surface area contributed by atoms with Crippen LogP contribution in [0.4, 0.5) is 0 Å². The molecular weight excluding hydrogens is 342 g/mol. The molecule has 27 heavy (non-hydrogen) atoms.